The molecule has 0 atom stereocenters. The maximum Gasteiger partial charge on any atom is 0.508 e. The second kappa shape index (κ2) is 10.7. The van der Waals surface area contributed by atoms with Gasteiger partial charge in [-0.15, -0.1) is 0 Å². The van der Waals surface area contributed by atoms with E-state index in [0.29, 0.717) is 6.54 Å². The molecule has 3 rings (SSSR count). The van der Waals surface area contributed by atoms with Crippen molar-refractivity contribution in [3.8, 4) is 0 Å². The summed E-state index contributed by atoms with van der Waals surface area (Å²) in [4.78, 5) is 22.4. The zero-order valence-corrected chi connectivity index (χ0v) is 17.9. The number of ether oxygens (including phenoxy) is 2. The molecule has 0 aliphatic carbocycles. The first-order valence-electron chi connectivity index (χ1n) is 10.2. The molecule has 0 bridgehead atoms. The number of halogens is 3. The van der Waals surface area contributed by atoms with Gasteiger partial charge in [-0.1, -0.05) is 48.5 Å². The molecule has 0 aliphatic rings. The molecule has 33 heavy (non-hydrogen) atoms. The molecule has 1 N–H and O–H groups in total. The van der Waals surface area contributed by atoms with E-state index in [0.717, 1.165) is 27.7 Å². The second-order valence-electron chi connectivity index (χ2n) is 7.12. The lowest BCUT2D eigenvalue weighted by Crippen LogP contribution is -2.37. The fourth-order valence-electron chi connectivity index (χ4n) is 3.52. The van der Waals surface area contributed by atoms with Crippen LogP contribution in [0.25, 0.3) is 17.0 Å². The van der Waals surface area contributed by atoms with Crippen molar-refractivity contribution < 1.29 is 32.2 Å². The summed E-state index contributed by atoms with van der Waals surface area (Å²) in [5.74, 6) is -1.97. The normalized spacial score (nSPS) is 11.6. The van der Waals surface area contributed by atoms with Gasteiger partial charge < -0.3 is 19.4 Å². The van der Waals surface area contributed by atoms with Crippen LogP contribution < -0.4 is 5.32 Å². The molecule has 0 saturated carbocycles. The number of benzene rings is 2. The number of nitrogens with zero attached hydrogens (tertiary/aromatic N) is 1. The molecule has 0 fully saturated rings. The van der Waals surface area contributed by atoms with Gasteiger partial charge in [0.1, 0.15) is 6.61 Å². The van der Waals surface area contributed by atoms with Crippen molar-refractivity contribution in [2.24, 2.45) is 0 Å². The number of carbonyl (C=O) groups excluding carboxylic acids is 2. The highest BCUT2D eigenvalue weighted by molar-refractivity contribution is 5.88. The smallest absolute Gasteiger partial charge is 0.438 e. The Balaban J connectivity index is 1.96. The zero-order chi connectivity index (χ0) is 23.8. The van der Waals surface area contributed by atoms with Crippen LogP contribution in [-0.4, -0.2) is 43.1 Å². The van der Waals surface area contributed by atoms with Gasteiger partial charge in [-0.3, -0.25) is 4.79 Å². The van der Waals surface area contributed by atoms with Crippen LogP contribution in [0.3, 0.4) is 0 Å². The summed E-state index contributed by atoms with van der Waals surface area (Å²) < 4.78 is 49.1. The minimum absolute atomic E-state index is 0.0379. The predicted octanol–water partition coefficient (Wildman–Crippen LogP) is 4.71. The number of amides is 1. The van der Waals surface area contributed by atoms with E-state index in [9.17, 15) is 22.8 Å². The maximum atomic E-state index is 12.6. The van der Waals surface area contributed by atoms with E-state index in [1.165, 1.54) is 7.11 Å². The molecule has 0 unspecified atom stereocenters. The summed E-state index contributed by atoms with van der Waals surface area (Å²) in [6, 6.07) is 17.3. The largest absolute Gasteiger partial charge is 0.508 e. The van der Waals surface area contributed by atoms with Gasteiger partial charge in [0.15, 0.2) is 0 Å². The van der Waals surface area contributed by atoms with Crippen molar-refractivity contribution in [2.45, 2.75) is 19.1 Å². The molecule has 1 heterocycles. The molecule has 1 aromatic heterocycles. The highest BCUT2D eigenvalue weighted by Crippen LogP contribution is 2.29. The molecule has 3 aromatic rings. The Labute approximate surface area is 188 Å². The Bertz CT molecular complexity index is 1140. The van der Waals surface area contributed by atoms with Crippen molar-refractivity contribution in [3.05, 3.63) is 77.5 Å². The fourth-order valence-corrected chi connectivity index (χ4v) is 3.52. The van der Waals surface area contributed by atoms with Gasteiger partial charge in [0, 0.05) is 29.7 Å². The molecule has 2 aromatic carbocycles. The first kappa shape index (κ1) is 23.9. The molecule has 9 heteroatoms. The lowest BCUT2D eigenvalue weighted by Gasteiger charge is -2.11. The summed E-state index contributed by atoms with van der Waals surface area (Å²) in [6.45, 7) is 0.300. The Hall–Kier alpha value is -3.75. The number of para-hydroxylation sites is 1. The third-order valence-corrected chi connectivity index (χ3v) is 4.96. The number of rotatable bonds is 8. The van der Waals surface area contributed by atoms with Gasteiger partial charge in [-0.25, -0.2) is 4.79 Å². The van der Waals surface area contributed by atoms with Crippen LogP contribution >= 0.6 is 0 Å². The zero-order valence-electron chi connectivity index (χ0n) is 17.9. The van der Waals surface area contributed by atoms with Gasteiger partial charge in [0.05, 0.1) is 7.11 Å². The molecular formula is C24H23F3N2O4. The van der Waals surface area contributed by atoms with E-state index in [-0.39, 0.29) is 19.6 Å². The van der Waals surface area contributed by atoms with Crippen LogP contribution in [0.5, 0.6) is 0 Å². The van der Waals surface area contributed by atoms with Crippen molar-refractivity contribution in [3.63, 3.8) is 0 Å². The predicted molar refractivity (Wildman–Crippen MR) is 118 cm³/mol. The molecule has 0 radical (unpaired) electrons. The molecule has 0 spiro atoms. The summed E-state index contributed by atoms with van der Waals surface area (Å²) in [6.07, 6.45) is -2.19. The third kappa shape index (κ3) is 6.15. The minimum atomic E-state index is -4.94. The molecule has 0 saturated heterocycles. The van der Waals surface area contributed by atoms with Gasteiger partial charge in [-0.05, 0) is 35.8 Å². The summed E-state index contributed by atoms with van der Waals surface area (Å²) in [5, 5.41) is 2.79. The first-order valence-corrected chi connectivity index (χ1v) is 10.2. The number of hydrogen-bond donors (Lipinski definition) is 1. The van der Waals surface area contributed by atoms with E-state index >= 15 is 0 Å². The lowest BCUT2D eigenvalue weighted by molar-refractivity contribution is -0.173. The quantitative estimate of drug-likeness (QED) is 0.495. The summed E-state index contributed by atoms with van der Waals surface area (Å²) in [5.41, 5.74) is 3.45. The molecular weight excluding hydrogens is 437 g/mol. The van der Waals surface area contributed by atoms with Gasteiger partial charge >= 0.3 is 18.2 Å². The maximum absolute atomic E-state index is 12.6. The average Bonchev–Trinajstić information content (AvgIpc) is 3.09. The number of fused-ring (bicyclic) bond motifs is 1. The Kier molecular flexibility index (Phi) is 7.76. The SMILES string of the molecule is COC(=O)OC/C=C/c1c(CCNC(=O)C(F)(F)F)c2ccccc2n1Cc1ccccc1. The van der Waals surface area contributed by atoms with Gasteiger partial charge in [0.2, 0.25) is 0 Å². The fraction of sp³-hybridized carbons (Fsp3) is 0.250. The van der Waals surface area contributed by atoms with Crippen molar-refractivity contribution >= 4 is 29.0 Å². The number of aromatic nitrogens is 1. The topological polar surface area (TPSA) is 69.6 Å². The van der Waals surface area contributed by atoms with E-state index in [1.807, 2.05) is 64.5 Å². The summed E-state index contributed by atoms with van der Waals surface area (Å²) in [7, 11) is 1.21. The Morgan fingerprint density at radius 1 is 1.06 bits per heavy atom. The Morgan fingerprint density at radius 2 is 1.76 bits per heavy atom. The highest BCUT2D eigenvalue weighted by atomic mass is 19.4. The number of methoxy groups -OCH3 is 1. The third-order valence-electron chi connectivity index (χ3n) is 4.96. The van der Waals surface area contributed by atoms with Crippen LogP contribution in [0, 0.1) is 0 Å². The monoisotopic (exact) mass is 460 g/mol. The van der Waals surface area contributed by atoms with Crippen LogP contribution in [-0.2, 0) is 27.2 Å². The molecule has 6 nitrogen and oxygen atoms in total. The van der Waals surface area contributed by atoms with E-state index in [1.54, 1.807) is 12.2 Å². The van der Waals surface area contributed by atoms with Crippen LogP contribution in [0.2, 0.25) is 0 Å². The Morgan fingerprint density at radius 3 is 2.45 bits per heavy atom. The van der Waals surface area contributed by atoms with Crippen LogP contribution in [0.4, 0.5) is 18.0 Å². The van der Waals surface area contributed by atoms with E-state index < -0.39 is 18.2 Å². The van der Waals surface area contributed by atoms with Crippen molar-refractivity contribution in [2.75, 3.05) is 20.3 Å². The molecule has 174 valence electrons. The standard InChI is InChI=1S/C24H23F3N2O4/c1-32-23(31)33-15-7-12-21-19(13-14-28-22(30)24(25,26)27)18-10-5-6-11-20(18)29(21)16-17-8-3-2-4-9-17/h2-12H,13-16H2,1H3,(H,28,30)/b12-7+. The number of carbonyl (C=O) groups is 2. The number of hydrogen-bond acceptors (Lipinski definition) is 4. The van der Waals surface area contributed by atoms with E-state index in [2.05, 4.69) is 4.74 Å². The van der Waals surface area contributed by atoms with Crippen molar-refractivity contribution in [1.29, 1.82) is 0 Å². The van der Waals surface area contributed by atoms with Crippen molar-refractivity contribution in [1.82, 2.24) is 9.88 Å². The average molecular weight is 460 g/mol. The first-order chi connectivity index (χ1) is 15.8. The van der Waals surface area contributed by atoms with Gasteiger partial charge in [-0.2, -0.15) is 13.2 Å². The van der Waals surface area contributed by atoms with Crippen LogP contribution in [0.1, 0.15) is 16.8 Å². The highest BCUT2D eigenvalue weighted by Gasteiger charge is 2.38. The lowest BCUT2D eigenvalue weighted by atomic mass is 10.1. The van der Waals surface area contributed by atoms with Gasteiger partial charge in [0.25, 0.3) is 0 Å². The number of nitrogens with one attached hydrogen (secondary N) is 1. The molecule has 0 aliphatic heterocycles. The molecule has 1 amide bonds. The second-order valence-corrected chi connectivity index (χ2v) is 7.12. The number of alkyl halides is 3. The minimum Gasteiger partial charge on any atom is -0.438 e. The van der Waals surface area contributed by atoms with Crippen LogP contribution in [0.15, 0.2) is 60.7 Å². The summed E-state index contributed by atoms with van der Waals surface area (Å²) >= 11 is 0. The van der Waals surface area contributed by atoms with E-state index in [4.69, 9.17) is 4.74 Å².